The van der Waals surface area contributed by atoms with Crippen molar-refractivity contribution in [2.75, 3.05) is 19.6 Å². The van der Waals surface area contributed by atoms with E-state index >= 15 is 0 Å². The highest BCUT2D eigenvalue weighted by Gasteiger charge is 2.45. The minimum atomic E-state index is -0.656. The fourth-order valence-electron chi connectivity index (χ4n) is 4.66. The predicted molar refractivity (Wildman–Crippen MR) is 74.1 cm³/mol. The van der Waals surface area contributed by atoms with Crippen LogP contribution in [0.15, 0.2) is 0 Å². The van der Waals surface area contributed by atoms with Crippen molar-refractivity contribution >= 4 is 5.97 Å². The summed E-state index contributed by atoms with van der Waals surface area (Å²) in [6, 6.07) is 1.35. The van der Waals surface area contributed by atoms with Crippen molar-refractivity contribution in [3.05, 3.63) is 0 Å². The Morgan fingerprint density at radius 1 is 1.26 bits per heavy atom. The van der Waals surface area contributed by atoms with Crippen LogP contribution in [0.4, 0.5) is 0 Å². The van der Waals surface area contributed by atoms with Gasteiger partial charge in [0.1, 0.15) is 0 Å². The summed E-state index contributed by atoms with van der Waals surface area (Å²) in [7, 11) is 0. The Morgan fingerprint density at radius 2 is 2.05 bits per heavy atom. The normalized spacial score (nSPS) is 38.7. The molecule has 0 bridgehead atoms. The highest BCUT2D eigenvalue weighted by molar-refractivity contribution is 5.66. The van der Waals surface area contributed by atoms with E-state index in [0.29, 0.717) is 12.5 Å². The summed E-state index contributed by atoms with van der Waals surface area (Å²) in [5.74, 6) is 0.952. The first-order valence-electron chi connectivity index (χ1n) is 7.95. The zero-order valence-electron chi connectivity index (χ0n) is 11.7. The lowest BCUT2D eigenvalue weighted by Gasteiger charge is -2.54. The number of carbonyl (C=O) groups is 1. The van der Waals surface area contributed by atoms with Gasteiger partial charge < -0.3 is 10.4 Å². The van der Waals surface area contributed by atoms with Crippen LogP contribution in [-0.4, -0.2) is 47.7 Å². The molecule has 0 spiro atoms. The van der Waals surface area contributed by atoms with Crippen LogP contribution >= 0.6 is 0 Å². The molecule has 108 valence electrons. The third-order valence-electron chi connectivity index (χ3n) is 5.41. The highest BCUT2D eigenvalue weighted by atomic mass is 16.4. The molecule has 0 unspecified atom stereocenters. The maximum Gasteiger partial charge on any atom is 0.303 e. The Balaban J connectivity index is 1.62. The molecule has 4 nitrogen and oxygen atoms in total. The number of carboxylic acid groups (broad SMARTS) is 1. The van der Waals surface area contributed by atoms with Gasteiger partial charge in [-0.2, -0.15) is 0 Å². The molecule has 4 atom stereocenters. The number of nitrogens with one attached hydrogen (secondary N) is 1. The van der Waals surface area contributed by atoms with Gasteiger partial charge in [-0.25, -0.2) is 0 Å². The number of nitrogens with zero attached hydrogens (tertiary/aromatic N) is 1. The van der Waals surface area contributed by atoms with E-state index in [1.807, 2.05) is 0 Å². The first-order valence-corrected chi connectivity index (χ1v) is 7.95. The van der Waals surface area contributed by atoms with Crippen LogP contribution in [-0.2, 0) is 4.79 Å². The minimum absolute atomic E-state index is 0.322. The molecule has 3 rings (SSSR count). The Bertz CT molecular complexity index is 325. The van der Waals surface area contributed by atoms with E-state index in [4.69, 9.17) is 5.11 Å². The molecule has 3 heterocycles. The number of carboxylic acids is 1. The molecule has 0 amide bonds. The number of aliphatic carboxylic acids is 1. The van der Waals surface area contributed by atoms with Gasteiger partial charge in [0.05, 0.1) is 0 Å². The lowest BCUT2D eigenvalue weighted by Crippen LogP contribution is -2.63. The lowest BCUT2D eigenvalue weighted by molar-refractivity contribution is -0.137. The van der Waals surface area contributed by atoms with E-state index < -0.39 is 5.97 Å². The van der Waals surface area contributed by atoms with Crippen LogP contribution in [0.25, 0.3) is 0 Å². The van der Waals surface area contributed by atoms with Gasteiger partial charge in [0.25, 0.3) is 0 Å². The zero-order chi connectivity index (χ0) is 13.2. The van der Waals surface area contributed by atoms with Gasteiger partial charge in [0.15, 0.2) is 0 Å². The van der Waals surface area contributed by atoms with Crippen LogP contribution in [0.3, 0.4) is 0 Å². The Kier molecular flexibility index (Phi) is 4.08. The van der Waals surface area contributed by atoms with Crippen LogP contribution < -0.4 is 5.32 Å². The standard InChI is InChI=1S/C15H26N2O2/c18-14(19)7-1-6-13-12-5-3-9-17-8-2-4-11(10-16-13)15(12)17/h11-13,15-16H,1-10H2,(H,18,19)/t11-,12-,13-,15+/m0/s1. The average Bonchev–Trinajstić information content (AvgIpc) is 2.41. The van der Waals surface area contributed by atoms with Crippen molar-refractivity contribution in [3.63, 3.8) is 0 Å². The average molecular weight is 266 g/mol. The second-order valence-corrected chi connectivity index (χ2v) is 6.54. The van der Waals surface area contributed by atoms with Crippen molar-refractivity contribution in [1.82, 2.24) is 10.2 Å². The molecule has 3 aliphatic rings. The van der Waals surface area contributed by atoms with Gasteiger partial charge in [0.2, 0.25) is 0 Å². The molecule has 3 aliphatic heterocycles. The number of hydrogen-bond acceptors (Lipinski definition) is 3. The largest absolute Gasteiger partial charge is 0.481 e. The smallest absolute Gasteiger partial charge is 0.303 e. The van der Waals surface area contributed by atoms with Crippen molar-refractivity contribution in [2.45, 2.75) is 57.0 Å². The van der Waals surface area contributed by atoms with Crippen LogP contribution in [0.1, 0.15) is 44.9 Å². The van der Waals surface area contributed by atoms with E-state index in [0.717, 1.165) is 37.3 Å². The van der Waals surface area contributed by atoms with Gasteiger partial charge in [0, 0.05) is 18.5 Å². The van der Waals surface area contributed by atoms with Crippen molar-refractivity contribution in [1.29, 1.82) is 0 Å². The monoisotopic (exact) mass is 266 g/mol. The minimum Gasteiger partial charge on any atom is -0.481 e. The quantitative estimate of drug-likeness (QED) is 0.813. The van der Waals surface area contributed by atoms with Gasteiger partial charge >= 0.3 is 5.97 Å². The maximum absolute atomic E-state index is 10.7. The summed E-state index contributed by atoms with van der Waals surface area (Å²) < 4.78 is 0. The van der Waals surface area contributed by atoms with E-state index in [9.17, 15) is 4.79 Å². The predicted octanol–water partition coefficient (Wildman–Crippen LogP) is 1.70. The molecule has 0 saturated carbocycles. The molecule has 3 fully saturated rings. The van der Waals surface area contributed by atoms with Gasteiger partial charge in [-0.1, -0.05) is 0 Å². The van der Waals surface area contributed by atoms with Crippen LogP contribution in [0, 0.1) is 11.8 Å². The van der Waals surface area contributed by atoms with Crippen molar-refractivity contribution in [3.8, 4) is 0 Å². The molecule has 3 saturated heterocycles. The molecular weight excluding hydrogens is 240 g/mol. The molecule has 0 aromatic heterocycles. The van der Waals surface area contributed by atoms with Gasteiger partial charge in [-0.15, -0.1) is 0 Å². The number of piperidine rings is 3. The summed E-state index contributed by atoms with van der Waals surface area (Å²) in [4.78, 5) is 13.4. The molecule has 0 aliphatic carbocycles. The topological polar surface area (TPSA) is 52.6 Å². The summed E-state index contributed by atoms with van der Waals surface area (Å²) in [5, 5.41) is 12.5. The molecular formula is C15H26N2O2. The Morgan fingerprint density at radius 3 is 2.84 bits per heavy atom. The van der Waals surface area contributed by atoms with Gasteiger partial charge in [-0.05, 0) is 70.0 Å². The summed E-state index contributed by atoms with van der Waals surface area (Å²) in [6.45, 7) is 3.73. The summed E-state index contributed by atoms with van der Waals surface area (Å²) >= 11 is 0. The fraction of sp³-hybridized carbons (Fsp3) is 0.933. The second-order valence-electron chi connectivity index (χ2n) is 6.54. The molecule has 0 aromatic rings. The summed E-state index contributed by atoms with van der Waals surface area (Å²) in [5.41, 5.74) is 0. The van der Waals surface area contributed by atoms with Crippen LogP contribution in [0.5, 0.6) is 0 Å². The third kappa shape index (κ3) is 2.79. The number of rotatable bonds is 4. The van der Waals surface area contributed by atoms with Crippen LogP contribution in [0.2, 0.25) is 0 Å². The third-order valence-corrected chi connectivity index (χ3v) is 5.41. The second kappa shape index (κ2) is 5.80. The summed E-state index contributed by atoms with van der Waals surface area (Å²) in [6.07, 6.45) is 7.58. The van der Waals surface area contributed by atoms with Gasteiger partial charge in [-0.3, -0.25) is 9.69 Å². The molecule has 0 aromatic carbocycles. The molecule has 2 N–H and O–H groups in total. The van der Waals surface area contributed by atoms with E-state index in [2.05, 4.69) is 10.2 Å². The first kappa shape index (κ1) is 13.4. The fourth-order valence-corrected chi connectivity index (χ4v) is 4.66. The van der Waals surface area contributed by atoms with E-state index in [1.54, 1.807) is 0 Å². The SMILES string of the molecule is O=C(O)CCC[C@@H]1NC[C@@H]2CCCN3CCC[C@@H]1[C@@H]23. The first-order chi connectivity index (χ1) is 9.25. The zero-order valence-corrected chi connectivity index (χ0v) is 11.7. The molecule has 0 radical (unpaired) electrons. The lowest BCUT2D eigenvalue weighted by atomic mass is 9.70. The van der Waals surface area contributed by atoms with E-state index in [1.165, 1.54) is 38.8 Å². The Labute approximate surface area is 115 Å². The maximum atomic E-state index is 10.7. The molecule has 4 heteroatoms. The highest BCUT2D eigenvalue weighted by Crippen LogP contribution is 2.39. The Hall–Kier alpha value is -0.610. The number of hydrogen-bond donors (Lipinski definition) is 2. The van der Waals surface area contributed by atoms with E-state index in [-0.39, 0.29) is 0 Å². The van der Waals surface area contributed by atoms with Crippen molar-refractivity contribution < 1.29 is 9.90 Å². The molecule has 19 heavy (non-hydrogen) atoms. The van der Waals surface area contributed by atoms with Crippen molar-refractivity contribution in [2.24, 2.45) is 11.8 Å².